The van der Waals surface area contributed by atoms with Crippen LogP contribution in [0.2, 0.25) is 0 Å². The van der Waals surface area contributed by atoms with E-state index in [0.29, 0.717) is 23.0 Å². The average Bonchev–Trinajstić information content (AvgIpc) is 3.04. The van der Waals surface area contributed by atoms with Crippen molar-refractivity contribution in [1.29, 1.82) is 0 Å². The summed E-state index contributed by atoms with van der Waals surface area (Å²) in [6.07, 6.45) is 2.64. The van der Waals surface area contributed by atoms with Gasteiger partial charge in [-0.25, -0.2) is 9.37 Å². The number of ether oxygens (including phenoxy) is 1. The second-order valence-corrected chi connectivity index (χ2v) is 6.35. The van der Waals surface area contributed by atoms with Gasteiger partial charge in [-0.2, -0.15) is 8.78 Å². The maximum atomic E-state index is 14.5. The van der Waals surface area contributed by atoms with Gasteiger partial charge in [0.15, 0.2) is 5.82 Å². The topological polar surface area (TPSA) is 78.8 Å². The highest BCUT2D eigenvalue weighted by Crippen LogP contribution is 2.37. The highest BCUT2D eigenvalue weighted by atomic mass is 19.3. The lowest BCUT2D eigenvalue weighted by atomic mass is 9.80. The molecule has 0 aliphatic heterocycles. The molecule has 0 radical (unpaired) electrons. The van der Waals surface area contributed by atoms with Crippen molar-refractivity contribution in [3.63, 3.8) is 0 Å². The van der Waals surface area contributed by atoms with Crippen molar-refractivity contribution in [2.45, 2.75) is 31.4 Å². The number of para-hydroxylation sites is 1. The number of aromatic nitrogens is 4. The van der Waals surface area contributed by atoms with E-state index in [2.05, 4.69) is 19.9 Å². The fourth-order valence-corrected chi connectivity index (χ4v) is 3.15. The van der Waals surface area contributed by atoms with Crippen LogP contribution in [0.1, 0.15) is 24.6 Å². The van der Waals surface area contributed by atoms with E-state index >= 15 is 0 Å². The molecule has 1 saturated carbocycles. The molecule has 27 heavy (non-hydrogen) atoms. The number of hydrogen-bond donors (Lipinski definition) is 1. The molecule has 9 heteroatoms. The van der Waals surface area contributed by atoms with Crippen molar-refractivity contribution < 1.29 is 17.9 Å². The lowest BCUT2D eigenvalue weighted by Gasteiger charge is -2.31. The Kier molecular flexibility index (Phi) is 4.53. The second kappa shape index (κ2) is 6.99. The van der Waals surface area contributed by atoms with Crippen molar-refractivity contribution >= 4 is 0 Å². The lowest BCUT2D eigenvalue weighted by molar-refractivity contribution is -0.0500. The number of rotatable bonds is 5. The number of benzene rings is 1. The Hall–Kier alpha value is -2.94. The van der Waals surface area contributed by atoms with E-state index in [1.54, 1.807) is 22.8 Å². The first-order valence-electron chi connectivity index (χ1n) is 8.40. The molecule has 0 amide bonds. The van der Waals surface area contributed by atoms with Gasteiger partial charge in [0.25, 0.3) is 0 Å². The van der Waals surface area contributed by atoms with Gasteiger partial charge in [0, 0.05) is 12.0 Å². The number of nitrogens with zero attached hydrogens (tertiary/aromatic N) is 4. The van der Waals surface area contributed by atoms with Gasteiger partial charge in [0.05, 0.1) is 11.9 Å². The first-order valence-corrected chi connectivity index (χ1v) is 8.40. The van der Waals surface area contributed by atoms with Gasteiger partial charge < -0.3 is 10.5 Å². The number of nitrogens with two attached hydrogens (primary N) is 1. The monoisotopic (exact) mass is 375 g/mol. The zero-order chi connectivity index (χ0) is 19.0. The van der Waals surface area contributed by atoms with Crippen LogP contribution in [-0.2, 0) is 0 Å². The summed E-state index contributed by atoms with van der Waals surface area (Å²) in [4.78, 5) is 4.12. The normalized spacial score (nSPS) is 19.1. The van der Waals surface area contributed by atoms with Gasteiger partial charge in [-0.05, 0) is 37.1 Å². The van der Waals surface area contributed by atoms with Crippen molar-refractivity contribution in [3.8, 4) is 23.0 Å². The minimum atomic E-state index is -2.94. The summed E-state index contributed by atoms with van der Waals surface area (Å²) in [5.74, 6) is 0.491. The van der Waals surface area contributed by atoms with Crippen LogP contribution in [0, 0.1) is 5.82 Å². The van der Waals surface area contributed by atoms with Crippen LogP contribution in [0.5, 0.6) is 5.75 Å². The molecule has 140 valence electrons. The number of halogens is 3. The van der Waals surface area contributed by atoms with Gasteiger partial charge in [0.2, 0.25) is 0 Å². The third kappa shape index (κ3) is 3.37. The summed E-state index contributed by atoms with van der Waals surface area (Å²) in [6, 6.07) is 9.21. The molecule has 6 nitrogen and oxygen atoms in total. The Morgan fingerprint density at radius 3 is 2.52 bits per heavy atom. The Morgan fingerprint density at radius 1 is 1.11 bits per heavy atom. The molecule has 1 aliphatic rings. The largest absolute Gasteiger partial charge is 0.433 e. The Bertz CT molecular complexity index is 938. The van der Waals surface area contributed by atoms with E-state index in [4.69, 9.17) is 5.73 Å². The highest BCUT2D eigenvalue weighted by molar-refractivity contribution is 5.55. The van der Waals surface area contributed by atoms with Crippen molar-refractivity contribution in [2.24, 2.45) is 5.73 Å². The quantitative estimate of drug-likeness (QED) is 0.740. The van der Waals surface area contributed by atoms with E-state index in [0.717, 1.165) is 12.8 Å². The SMILES string of the molecule is N[C@H]1C[C@H](c2nnc(-c3ccc(OC(F)F)cn3)n2-c2ccccc2F)C1. The molecule has 0 bridgehead atoms. The molecule has 1 fully saturated rings. The predicted octanol–water partition coefficient (Wildman–Crippen LogP) is 3.27. The molecule has 2 aromatic heterocycles. The first kappa shape index (κ1) is 17.5. The van der Waals surface area contributed by atoms with Crippen molar-refractivity contribution in [2.75, 3.05) is 0 Å². The van der Waals surface area contributed by atoms with E-state index in [1.807, 2.05) is 0 Å². The van der Waals surface area contributed by atoms with E-state index in [9.17, 15) is 13.2 Å². The Balaban J connectivity index is 1.78. The van der Waals surface area contributed by atoms with E-state index in [1.165, 1.54) is 24.4 Å². The van der Waals surface area contributed by atoms with Gasteiger partial charge in [-0.3, -0.25) is 4.57 Å². The summed E-state index contributed by atoms with van der Waals surface area (Å²) in [7, 11) is 0. The summed E-state index contributed by atoms with van der Waals surface area (Å²) in [6.45, 7) is -2.94. The molecule has 2 N–H and O–H groups in total. The van der Waals surface area contributed by atoms with Crippen LogP contribution < -0.4 is 10.5 Å². The van der Waals surface area contributed by atoms with Crippen LogP contribution in [-0.4, -0.2) is 32.4 Å². The Morgan fingerprint density at radius 2 is 1.89 bits per heavy atom. The van der Waals surface area contributed by atoms with Crippen molar-refractivity contribution in [3.05, 3.63) is 54.2 Å². The minimum absolute atomic E-state index is 0.0716. The van der Waals surface area contributed by atoms with E-state index < -0.39 is 12.4 Å². The molecule has 0 spiro atoms. The fourth-order valence-electron chi connectivity index (χ4n) is 3.15. The maximum absolute atomic E-state index is 14.5. The maximum Gasteiger partial charge on any atom is 0.387 e. The molecule has 3 aromatic rings. The summed E-state index contributed by atoms with van der Waals surface area (Å²) >= 11 is 0. The minimum Gasteiger partial charge on any atom is -0.433 e. The third-order valence-corrected chi connectivity index (χ3v) is 4.51. The molecular weight excluding hydrogens is 359 g/mol. The van der Waals surface area contributed by atoms with Crippen molar-refractivity contribution in [1.82, 2.24) is 19.7 Å². The van der Waals surface area contributed by atoms with Gasteiger partial charge >= 0.3 is 6.61 Å². The number of pyridine rings is 1. The fraction of sp³-hybridized carbons (Fsp3) is 0.278. The van der Waals surface area contributed by atoms with Gasteiger partial charge in [-0.1, -0.05) is 12.1 Å². The molecule has 4 rings (SSSR count). The highest BCUT2D eigenvalue weighted by Gasteiger charge is 2.33. The summed E-state index contributed by atoms with van der Waals surface area (Å²) in [5.41, 5.74) is 6.54. The van der Waals surface area contributed by atoms with Crippen LogP contribution in [0.15, 0.2) is 42.6 Å². The molecule has 0 saturated heterocycles. The molecular formula is C18H16F3N5O. The molecule has 0 atom stereocenters. The third-order valence-electron chi connectivity index (χ3n) is 4.51. The van der Waals surface area contributed by atoms with Crippen LogP contribution >= 0.6 is 0 Å². The average molecular weight is 375 g/mol. The van der Waals surface area contributed by atoms with Crippen LogP contribution in [0.4, 0.5) is 13.2 Å². The van der Waals surface area contributed by atoms with Crippen LogP contribution in [0.25, 0.3) is 17.2 Å². The summed E-state index contributed by atoms with van der Waals surface area (Å²) in [5, 5.41) is 8.41. The standard InChI is InChI=1S/C18H16F3N5O/c19-13-3-1-2-4-15(13)26-16(10-7-11(22)8-10)24-25-17(26)14-6-5-12(9-23-14)27-18(20)21/h1-6,9-11,18H,7-8,22H2/t10-,11-. The van der Waals surface area contributed by atoms with Gasteiger partial charge in [-0.15, -0.1) is 10.2 Å². The zero-order valence-electron chi connectivity index (χ0n) is 14.1. The molecule has 1 aliphatic carbocycles. The first-order chi connectivity index (χ1) is 13.0. The lowest BCUT2D eigenvalue weighted by Crippen LogP contribution is -2.36. The summed E-state index contributed by atoms with van der Waals surface area (Å²) < 4.78 is 45.0. The predicted molar refractivity (Wildman–Crippen MR) is 91.1 cm³/mol. The second-order valence-electron chi connectivity index (χ2n) is 6.35. The zero-order valence-corrected chi connectivity index (χ0v) is 14.1. The van der Waals surface area contributed by atoms with Crippen LogP contribution in [0.3, 0.4) is 0 Å². The molecule has 2 heterocycles. The molecule has 0 unspecified atom stereocenters. The molecule has 1 aromatic carbocycles. The van der Waals surface area contributed by atoms with Gasteiger partial charge in [0.1, 0.15) is 23.1 Å². The Labute approximate surface area is 152 Å². The smallest absolute Gasteiger partial charge is 0.387 e. The van der Waals surface area contributed by atoms with E-state index in [-0.39, 0.29) is 17.7 Å². The number of alkyl halides is 2. The number of hydrogen-bond acceptors (Lipinski definition) is 5.